The van der Waals surface area contributed by atoms with Gasteiger partial charge in [-0.2, -0.15) is 0 Å². The molecule has 1 nitrogen and oxygen atoms in total. The molecule has 0 spiro atoms. The van der Waals surface area contributed by atoms with E-state index in [1.807, 2.05) is 24.3 Å². The summed E-state index contributed by atoms with van der Waals surface area (Å²) in [6, 6.07) is 12.5. The summed E-state index contributed by atoms with van der Waals surface area (Å²) in [5.41, 5.74) is 2.80. The van der Waals surface area contributed by atoms with Crippen LogP contribution in [0.25, 0.3) is 0 Å². The molecule has 3 heteroatoms. The van der Waals surface area contributed by atoms with E-state index in [1.165, 1.54) is 5.56 Å². The Kier molecular flexibility index (Phi) is 3.88. The molecule has 0 heterocycles. The van der Waals surface area contributed by atoms with Crippen molar-refractivity contribution < 1.29 is 4.79 Å². The maximum absolute atomic E-state index is 12.3. The number of hydrogen-bond acceptors (Lipinski definition) is 1. The third-order valence-electron chi connectivity index (χ3n) is 2.86. The van der Waals surface area contributed by atoms with Crippen molar-refractivity contribution >= 4 is 30.7 Å². The van der Waals surface area contributed by atoms with Crippen molar-refractivity contribution in [3.05, 3.63) is 64.2 Å². The average Bonchev–Trinajstić information content (AvgIpc) is 2.41. The fraction of sp³-hybridized carbons (Fsp3) is 0.133. The van der Waals surface area contributed by atoms with Gasteiger partial charge < -0.3 is 0 Å². The predicted octanol–water partition coefficient (Wildman–Crippen LogP) is 2.93. The number of carbonyl (C=O) groups excluding carboxylic acids is 1. The van der Waals surface area contributed by atoms with Crippen LogP contribution in [0.15, 0.2) is 42.5 Å². The largest absolute Gasteiger partial charge is 0.289 e. The topological polar surface area (TPSA) is 17.1 Å². The van der Waals surface area contributed by atoms with Gasteiger partial charge in [-0.3, -0.25) is 4.79 Å². The molecule has 0 saturated carbocycles. The van der Waals surface area contributed by atoms with Crippen LogP contribution in [0.3, 0.4) is 0 Å². The Bertz CT molecular complexity index is 576. The molecule has 0 fully saturated rings. The number of carbonyl (C=O) groups is 1. The third-order valence-corrected chi connectivity index (χ3v) is 3.19. The van der Waals surface area contributed by atoms with E-state index in [0.29, 0.717) is 21.6 Å². The lowest BCUT2D eigenvalue weighted by molar-refractivity contribution is 0.103. The molecule has 0 atom stereocenters. The quantitative estimate of drug-likeness (QED) is 0.608. The molecular formula is C15H12BClO. The fourth-order valence-electron chi connectivity index (χ4n) is 1.76. The minimum Gasteiger partial charge on any atom is -0.289 e. The van der Waals surface area contributed by atoms with Gasteiger partial charge in [0.1, 0.15) is 7.85 Å². The number of ketones is 1. The third kappa shape index (κ3) is 2.65. The molecule has 0 aromatic heterocycles. The highest BCUT2D eigenvalue weighted by atomic mass is 35.5. The van der Waals surface area contributed by atoms with Crippen LogP contribution in [0, 0.1) is 0 Å². The molecule has 0 saturated heterocycles. The number of aryl methyl sites for hydroxylation is 1. The minimum absolute atomic E-state index is 0.102. The Labute approximate surface area is 113 Å². The van der Waals surface area contributed by atoms with Gasteiger partial charge in [0.2, 0.25) is 0 Å². The van der Waals surface area contributed by atoms with E-state index in [-0.39, 0.29) is 5.78 Å². The molecule has 0 aliphatic heterocycles. The van der Waals surface area contributed by atoms with Crippen molar-refractivity contribution in [1.29, 1.82) is 0 Å². The highest BCUT2D eigenvalue weighted by molar-refractivity contribution is 6.37. The first kappa shape index (κ1) is 12.9. The maximum atomic E-state index is 12.3. The van der Waals surface area contributed by atoms with Crippen LogP contribution in [0.5, 0.6) is 0 Å². The zero-order valence-corrected chi connectivity index (χ0v) is 10.9. The van der Waals surface area contributed by atoms with Crippen LogP contribution >= 0.6 is 11.6 Å². The van der Waals surface area contributed by atoms with Gasteiger partial charge in [0.15, 0.2) is 5.78 Å². The molecule has 18 heavy (non-hydrogen) atoms. The van der Waals surface area contributed by atoms with Gasteiger partial charge in [0, 0.05) is 11.1 Å². The average molecular weight is 255 g/mol. The lowest BCUT2D eigenvalue weighted by Crippen LogP contribution is -2.09. The Morgan fingerprint density at radius 2 is 1.83 bits per heavy atom. The van der Waals surface area contributed by atoms with E-state index in [1.54, 1.807) is 18.2 Å². The Balaban J connectivity index is 2.38. The summed E-state index contributed by atoms with van der Waals surface area (Å²) >= 11 is 6.02. The second kappa shape index (κ2) is 5.41. The summed E-state index contributed by atoms with van der Waals surface area (Å²) in [7, 11) is 5.68. The van der Waals surface area contributed by atoms with E-state index in [0.717, 1.165) is 6.42 Å². The van der Waals surface area contributed by atoms with Crippen LogP contribution in [-0.2, 0) is 6.42 Å². The van der Waals surface area contributed by atoms with Crippen molar-refractivity contribution in [3.8, 4) is 0 Å². The molecular weight excluding hydrogens is 242 g/mol. The van der Waals surface area contributed by atoms with Crippen molar-refractivity contribution in [2.24, 2.45) is 0 Å². The van der Waals surface area contributed by atoms with Crippen molar-refractivity contribution in [2.45, 2.75) is 13.3 Å². The first-order valence-corrected chi connectivity index (χ1v) is 6.18. The zero-order valence-electron chi connectivity index (χ0n) is 10.1. The van der Waals surface area contributed by atoms with Gasteiger partial charge in [-0.1, -0.05) is 60.4 Å². The lowest BCUT2D eigenvalue weighted by atomic mass is 9.92. The highest BCUT2D eigenvalue weighted by Gasteiger charge is 2.12. The molecule has 0 aliphatic carbocycles. The first-order valence-electron chi connectivity index (χ1n) is 5.80. The SMILES string of the molecule is [B]c1ccc(Cl)c(C(=O)c2ccc(CC)cc2)c1. The predicted molar refractivity (Wildman–Crippen MR) is 76.1 cm³/mol. The summed E-state index contributed by atoms with van der Waals surface area (Å²) in [5, 5.41) is 0.425. The van der Waals surface area contributed by atoms with E-state index in [4.69, 9.17) is 19.4 Å². The van der Waals surface area contributed by atoms with E-state index < -0.39 is 0 Å². The summed E-state index contributed by atoms with van der Waals surface area (Å²) < 4.78 is 0. The van der Waals surface area contributed by atoms with Crippen molar-refractivity contribution in [3.63, 3.8) is 0 Å². The van der Waals surface area contributed by atoms with Crippen LogP contribution in [0.2, 0.25) is 5.02 Å². The smallest absolute Gasteiger partial charge is 0.194 e. The molecule has 0 aliphatic rings. The molecule has 0 amide bonds. The molecule has 0 N–H and O–H groups in total. The molecule has 2 aromatic carbocycles. The monoisotopic (exact) mass is 254 g/mol. The second-order valence-electron chi connectivity index (χ2n) is 4.12. The lowest BCUT2D eigenvalue weighted by Gasteiger charge is -2.06. The molecule has 2 radical (unpaired) electrons. The normalized spacial score (nSPS) is 10.3. The van der Waals surface area contributed by atoms with E-state index >= 15 is 0 Å². The first-order chi connectivity index (χ1) is 8.61. The van der Waals surface area contributed by atoms with Crippen molar-refractivity contribution in [2.75, 3.05) is 0 Å². The summed E-state index contributed by atoms with van der Waals surface area (Å²) in [5.74, 6) is -0.102. The van der Waals surface area contributed by atoms with Crippen LogP contribution in [0.1, 0.15) is 28.4 Å². The van der Waals surface area contributed by atoms with Gasteiger partial charge in [0.05, 0.1) is 5.02 Å². The van der Waals surface area contributed by atoms with Gasteiger partial charge in [-0.25, -0.2) is 0 Å². The standard InChI is InChI=1S/C15H12BClO/c1-2-10-3-5-11(6-4-10)15(18)13-9-12(16)7-8-14(13)17/h3-9H,2H2,1H3. The molecule has 2 aromatic rings. The van der Waals surface area contributed by atoms with Crippen LogP contribution in [0.4, 0.5) is 0 Å². The van der Waals surface area contributed by atoms with Crippen LogP contribution in [-0.4, -0.2) is 13.6 Å². The van der Waals surface area contributed by atoms with Crippen LogP contribution < -0.4 is 5.46 Å². The molecule has 88 valence electrons. The van der Waals surface area contributed by atoms with Gasteiger partial charge in [-0.05, 0) is 18.1 Å². The fourth-order valence-corrected chi connectivity index (χ4v) is 1.97. The van der Waals surface area contributed by atoms with Crippen molar-refractivity contribution in [1.82, 2.24) is 0 Å². The molecule has 0 bridgehead atoms. The number of halogens is 1. The number of rotatable bonds is 3. The van der Waals surface area contributed by atoms with E-state index in [9.17, 15) is 4.79 Å². The number of benzene rings is 2. The Hall–Kier alpha value is -1.54. The molecule has 2 rings (SSSR count). The summed E-state index contributed by atoms with van der Waals surface area (Å²) in [6.07, 6.45) is 0.952. The molecule has 0 unspecified atom stereocenters. The summed E-state index contributed by atoms with van der Waals surface area (Å²) in [6.45, 7) is 2.07. The summed E-state index contributed by atoms with van der Waals surface area (Å²) in [4.78, 5) is 12.3. The van der Waals surface area contributed by atoms with E-state index in [2.05, 4.69) is 6.92 Å². The highest BCUT2D eigenvalue weighted by Crippen LogP contribution is 2.18. The maximum Gasteiger partial charge on any atom is 0.194 e. The number of hydrogen-bond donors (Lipinski definition) is 0. The second-order valence-corrected chi connectivity index (χ2v) is 4.53. The Morgan fingerprint density at radius 1 is 1.17 bits per heavy atom. The Morgan fingerprint density at radius 3 is 2.44 bits per heavy atom. The zero-order chi connectivity index (χ0) is 13.1. The van der Waals surface area contributed by atoms with Gasteiger partial charge >= 0.3 is 0 Å². The van der Waals surface area contributed by atoms with Gasteiger partial charge in [0.25, 0.3) is 0 Å². The minimum atomic E-state index is -0.102. The van der Waals surface area contributed by atoms with Gasteiger partial charge in [-0.15, -0.1) is 0 Å².